The summed E-state index contributed by atoms with van der Waals surface area (Å²) in [6, 6.07) is 6.89. The number of para-hydroxylation sites is 1. The number of nitrogens with zero attached hydrogens (tertiary/aromatic N) is 2. The van der Waals surface area contributed by atoms with Crippen LogP contribution >= 0.6 is 11.6 Å². The van der Waals surface area contributed by atoms with E-state index in [1.54, 1.807) is 31.2 Å². The zero-order valence-electron chi connectivity index (χ0n) is 12.0. The number of aliphatic hydroxyl groups excluding tert-OH is 1. The van der Waals surface area contributed by atoms with E-state index in [0.717, 1.165) is 6.07 Å². The van der Waals surface area contributed by atoms with Crippen molar-refractivity contribution in [1.82, 2.24) is 9.97 Å². The molecule has 9 heteroatoms. The monoisotopic (exact) mass is 346 g/mol. The first-order chi connectivity index (χ1) is 10.8. The Kier molecular flexibility index (Phi) is 5.27. The summed E-state index contributed by atoms with van der Waals surface area (Å²) in [4.78, 5) is 7.39. The SMILES string of the molecule is C[C@@H](CO)Nc1nc(Nc2ccccc2Cl)cc(C(F)(F)F)n1. The highest BCUT2D eigenvalue weighted by Crippen LogP contribution is 2.31. The molecule has 2 aromatic rings. The van der Waals surface area contributed by atoms with Crippen molar-refractivity contribution < 1.29 is 18.3 Å². The van der Waals surface area contributed by atoms with Crippen LogP contribution in [0, 0.1) is 0 Å². The number of benzene rings is 1. The van der Waals surface area contributed by atoms with Gasteiger partial charge in [0.05, 0.1) is 17.3 Å². The lowest BCUT2D eigenvalue weighted by molar-refractivity contribution is -0.141. The second-order valence-electron chi connectivity index (χ2n) is 4.79. The van der Waals surface area contributed by atoms with E-state index in [0.29, 0.717) is 10.7 Å². The van der Waals surface area contributed by atoms with Crippen LogP contribution in [0.2, 0.25) is 5.02 Å². The van der Waals surface area contributed by atoms with Gasteiger partial charge in [-0.2, -0.15) is 18.2 Å². The van der Waals surface area contributed by atoms with Gasteiger partial charge in [-0.3, -0.25) is 0 Å². The molecule has 5 nitrogen and oxygen atoms in total. The highest BCUT2D eigenvalue weighted by atomic mass is 35.5. The van der Waals surface area contributed by atoms with Gasteiger partial charge in [-0.05, 0) is 19.1 Å². The third-order valence-electron chi connectivity index (χ3n) is 2.80. The molecule has 0 amide bonds. The van der Waals surface area contributed by atoms with Gasteiger partial charge < -0.3 is 15.7 Å². The Morgan fingerprint density at radius 2 is 1.96 bits per heavy atom. The molecule has 23 heavy (non-hydrogen) atoms. The lowest BCUT2D eigenvalue weighted by atomic mass is 10.3. The third kappa shape index (κ3) is 4.70. The highest BCUT2D eigenvalue weighted by Gasteiger charge is 2.34. The molecule has 1 aromatic carbocycles. The zero-order valence-corrected chi connectivity index (χ0v) is 12.8. The van der Waals surface area contributed by atoms with E-state index in [9.17, 15) is 13.2 Å². The summed E-state index contributed by atoms with van der Waals surface area (Å²) in [5.41, 5.74) is -0.683. The van der Waals surface area contributed by atoms with Crippen LogP contribution in [0.3, 0.4) is 0 Å². The Morgan fingerprint density at radius 1 is 1.26 bits per heavy atom. The first kappa shape index (κ1) is 17.3. The fourth-order valence-corrected chi connectivity index (χ4v) is 1.87. The number of hydrogen-bond donors (Lipinski definition) is 3. The van der Waals surface area contributed by atoms with E-state index in [1.807, 2.05) is 0 Å². The molecule has 3 N–H and O–H groups in total. The molecule has 0 spiro atoms. The standard InChI is InChI=1S/C14H14ClF3N4O/c1-8(7-23)19-13-21-11(14(16,17)18)6-12(22-13)20-10-5-3-2-4-9(10)15/h2-6,8,23H,7H2,1H3,(H2,19,20,21,22)/t8-/m0/s1. The summed E-state index contributed by atoms with van der Waals surface area (Å²) in [6.07, 6.45) is -4.63. The van der Waals surface area contributed by atoms with Crippen molar-refractivity contribution >= 4 is 29.1 Å². The largest absolute Gasteiger partial charge is 0.433 e. The van der Waals surface area contributed by atoms with Crippen molar-refractivity contribution in [1.29, 1.82) is 0 Å². The number of aliphatic hydroxyl groups is 1. The van der Waals surface area contributed by atoms with Gasteiger partial charge in [0, 0.05) is 12.1 Å². The Bertz CT molecular complexity index is 681. The van der Waals surface area contributed by atoms with E-state index in [-0.39, 0.29) is 18.4 Å². The lowest BCUT2D eigenvalue weighted by Crippen LogP contribution is -2.22. The molecule has 0 saturated heterocycles. The molecule has 1 aromatic heterocycles. The minimum absolute atomic E-state index is 0.0620. The third-order valence-corrected chi connectivity index (χ3v) is 3.13. The van der Waals surface area contributed by atoms with Gasteiger partial charge in [0.1, 0.15) is 5.82 Å². The molecule has 0 aliphatic carbocycles. The van der Waals surface area contributed by atoms with E-state index in [2.05, 4.69) is 20.6 Å². The smallest absolute Gasteiger partial charge is 0.394 e. The van der Waals surface area contributed by atoms with Crippen molar-refractivity contribution in [2.45, 2.75) is 19.1 Å². The first-order valence-electron chi connectivity index (χ1n) is 6.65. The summed E-state index contributed by atoms with van der Waals surface area (Å²) < 4.78 is 38.9. The topological polar surface area (TPSA) is 70.1 Å². The zero-order chi connectivity index (χ0) is 17.0. The molecule has 0 saturated carbocycles. The van der Waals surface area contributed by atoms with E-state index < -0.39 is 17.9 Å². The van der Waals surface area contributed by atoms with Crippen molar-refractivity contribution in [3.8, 4) is 0 Å². The van der Waals surface area contributed by atoms with Gasteiger partial charge in [-0.25, -0.2) is 4.98 Å². The predicted octanol–water partition coefficient (Wildman–Crippen LogP) is 3.69. The minimum atomic E-state index is -4.63. The molecule has 0 unspecified atom stereocenters. The number of halogens is 4. The van der Waals surface area contributed by atoms with Crippen LogP contribution in [-0.2, 0) is 6.18 Å². The van der Waals surface area contributed by atoms with Gasteiger partial charge in [0.15, 0.2) is 5.69 Å². The maximum absolute atomic E-state index is 13.0. The maximum Gasteiger partial charge on any atom is 0.433 e. The van der Waals surface area contributed by atoms with Gasteiger partial charge in [0.25, 0.3) is 0 Å². The Balaban J connectivity index is 2.38. The van der Waals surface area contributed by atoms with Crippen LogP contribution in [0.1, 0.15) is 12.6 Å². The van der Waals surface area contributed by atoms with Crippen LogP contribution in [0.5, 0.6) is 0 Å². The maximum atomic E-state index is 13.0. The van der Waals surface area contributed by atoms with E-state index >= 15 is 0 Å². The number of rotatable bonds is 5. The molecule has 1 atom stereocenters. The van der Waals surface area contributed by atoms with Crippen LogP contribution < -0.4 is 10.6 Å². The second kappa shape index (κ2) is 7.01. The molecule has 124 valence electrons. The second-order valence-corrected chi connectivity index (χ2v) is 5.20. The molecular formula is C14H14ClF3N4O. The average molecular weight is 347 g/mol. The van der Waals surface area contributed by atoms with Crippen molar-refractivity contribution in [2.24, 2.45) is 0 Å². The van der Waals surface area contributed by atoms with Crippen molar-refractivity contribution in [2.75, 3.05) is 17.2 Å². The molecule has 0 aliphatic rings. The number of aromatic nitrogens is 2. The Hall–Kier alpha value is -2.06. The number of hydrogen-bond acceptors (Lipinski definition) is 5. The molecule has 1 heterocycles. The number of nitrogens with one attached hydrogen (secondary N) is 2. The van der Waals surface area contributed by atoms with Crippen molar-refractivity contribution in [3.05, 3.63) is 41.0 Å². The number of alkyl halides is 3. The van der Waals surface area contributed by atoms with Gasteiger partial charge in [-0.15, -0.1) is 0 Å². The lowest BCUT2D eigenvalue weighted by Gasteiger charge is -2.15. The number of anilines is 3. The van der Waals surface area contributed by atoms with Gasteiger partial charge in [-0.1, -0.05) is 23.7 Å². The van der Waals surface area contributed by atoms with E-state index in [4.69, 9.17) is 16.7 Å². The van der Waals surface area contributed by atoms with Crippen LogP contribution in [0.15, 0.2) is 30.3 Å². The molecular weight excluding hydrogens is 333 g/mol. The van der Waals surface area contributed by atoms with E-state index in [1.165, 1.54) is 0 Å². The fraction of sp³-hybridized carbons (Fsp3) is 0.286. The van der Waals surface area contributed by atoms with Crippen LogP contribution in [0.4, 0.5) is 30.6 Å². The van der Waals surface area contributed by atoms with Crippen LogP contribution in [0.25, 0.3) is 0 Å². The van der Waals surface area contributed by atoms with Gasteiger partial charge >= 0.3 is 6.18 Å². The minimum Gasteiger partial charge on any atom is -0.394 e. The summed E-state index contributed by atoms with van der Waals surface area (Å²) >= 11 is 5.97. The van der Waals surface area contributed by atoms with Crippen LogP contribution in [-0.4, -0.2) is 27.7 Å². The van der Waals surface area contributed by atoms with Crippen molar-refractivity contribution in [3.63, 3.8) is 0 Å². The molecule has 0 radical (unpaired) electrons. The fourth-order valence-electron chi connectivity index (χ4n) is 1.69. The first-order valence-corrected chi connectivity index (χ1v) is 7.02. The molecule has 0 aliphatic heterocycles. The summed E-state index contributed by atoms with van der Waals surface area (Å²) in [7, 11) is 0. The molecule has 2 rings (SSSR count). The molecule has 0 bridgehead atoms. The normalized spacial score (nSPS) is 12.8. The quantitative estimate of drug-likeness (QED) is 0.770. The van der Waals surface area contributed by atoms with Gasteiger partial charge in [0.2, 0.25) is 5.95 Å². The Morgan fingerprint density at radius 3 is 2.57 bits per heavy atom. The Labute approximate surface area is 135 Å². The summed E-state index contributed by atoms with van der Waals surface area (Å²) in [5.74, 6) is -0.302. The highest BCUT2D eigenvalue weighted by molar-refractivity contribution is 6.33. The average Bonchev–Trinajstić information content (AvgIpc) is 2.48. The summed E-state index contributed by atoms with van der Waals surface area (Å²) in [6.45, 7) is 1.32. The molecule has 0 fully saturated rings. The summed E-state index contributed by atoms with van der Waals surface area (Å²) in [5, 5.41) is 14.7. The predicted molar refractivity (Wildman–Crippen MR) is 81.9 cm³/mol.